The van der Waals surface area contributed by atoms with Crippen molar-refractivity contribution in [3.8, 4) is 0 Å². The minimum Gasteiger partial charge on any atom is -0.496 e. The minimum atomic E-state index is 0.349. The molecule has 0 radical (unpaired) electrons. The molecule has 0 aromatic carbocycles. The van der Waals surface area contributed by atoms with Crippen LogP contribution in [-0.2, 0) is 9.53 Å². The van der Waals surface area contributed by atoms with Crippen LogP contribution in [0.25, 0.3) is 0 Å². The summed E-state index contributed by atoms with van der Waals surface area (Å²) in [6.45, 7) is 7.04. The van der Waals surface area contributed by atoms with E-state index >= 15 is 0 Å². The van der Waals surface area contributed by atoms with Crippen molar-refractivity contribution < 1.29 is 9.53 Å². The van der Waals surface area contributed by atoms with Gasteiger partial charge in [-0.2, -0.15) is 0 Å². The number of allylic oxidation sites excluding steroid dienone is 3. The van der Waals surface area contributed by atoms with Crippen molar-refractivity contribution in [3.63, 3.8) is 0 Å². The molecule has 0 aromatic rings. The first-order chi connectivity index (χ1) is 5.11. The van der Waals surface area contributed by atoms with Crippen LogP contribution in [0.1, 0.15) is 0 Å². The van der Waals surface area contributed by atoms with Crippen LogP contribution in [0, 0.1) is 0 Å². The molecule has 0 aromatic heterocycles. The van der Waals surface area contributed by atoms with E-state index in [0.29, 0.717) is 22.1 Å². The smallest absolute Gasteiger partial charge is 0.149 e. The third-order valence-electron chi connectivity index (χ3n) is 0.955. The maximum absolute atomic E-state index is 10.1. The Balaban J connectivity index is 4.47. The highest BCUT2D eigenvalue weighted by Crippen LogP contribution is 2.15. The van der Waals surface area contributed by atoms with Crippen molar-refractivity contribution in [1.82, 2.24) is 0 Å². The highest BCUT2D eigenvalue weighted by atomic mass is 79.9. The quantitative estimate of drug-likeness (QED) is 0.312. The van der Waals surface area contributed by atoms with Gasteiger partial charge in [0.25, 0.3) is 0 Å². The van der Waals surface area contributed by atoms with E-state index in [1.165, 1.54) is 13.2 Å². The highest BCUT2D eigenvalue weighted by molar-refractivity contribution is 9.11. The van der Waals surface area contributed by atoms with Crippen LogP contribution in [-0.4, -0.2) is 13.4 Å². The van der Waals surface area contributed by atoms with E-state index < -0.39 is 0 Å². The maximum Gasteiger partial charge on any atom is 0.149 e. The predicted molar refractivity (Wildman–Crippen MR) is 48.4 cm³/mol. The normalized spacial score (nSPS) is 10.5. The van der Waals surface area contributed by atoms with Crippen LogP contribution in [0.4, 0.5) is 0 Å². The monoisotopic (exact) mass is 216 g/mol. The van der Waals surface area contributed by atoms with Crippen LogP contribution < -0.4 is 0 Å². The first-order valence-corrected chi connectivity index (χ1v) is 3.65. The molecule has 11 heavy (non-hydrogen) atoms. The number of halogens is 1. The Hall–Kier alpha value is -0.830. The predicted octanol–water partition coefficient (Wildman–Crippen LogP) is 2.18. The molecule has 0 bridgehead atoms. The zero-order valence-corrected chi connectivity index (χ0v) is 7.85. The summed E-state index contributed by atoms with van der Waals surface area (Å²) in [5.74, 6) is 0.502. The molecule has 0 spiro atoms. The van der Waals surface area contributed by atoms with E-state index in [2.05, 4.69) is 29.1 Å². The molecule has 60 valence electrons. The van der Waals surface area contributed by atoms with E-state index in [4.69, 9.17) is 4.74 Å². The average Bonchev–Trinajstić information content (AvgIpc) is 1.99. The molecule has 3 heteroatoms. The number of methoxy groups -OCH3 is 1. The Morgan fingerprint density at radius 3 is 2.36 bits per heavy atom. The van der Waals surface area contributed by atoms with Crippen molar-refractivity contribution in [2.45, 2.75) is 0 Å². The topological polar surface area (TPSA) is 26.3 Å². The van der Waals surface area contributed by atoms with Crippen LogP contribution in [0.3, 0.4) is 0 Å². The van der Waals surface area contributed by atoms with Gasteiger partial charge < -0.3 is 4.74 Å². The summed E-state index contributed by atoms with van der Waals surface area (Å²) in [5, 5.41) is 0. The first-order valence-electron chi connectivity index (χ1n) is 2.86. The summed E-state index contributed by atoms with van der Waals surface area (Å²) < 4.78 is 5.47. The largest absolute Gasteiger partial charge is 0.496 e. The summed E-state index contributed by atoms with van der Waals surface area (Å²) >= 11 is 3.11. The number of aldehydes is 1. The third kappa shape index (κ3) is 3.78. The number of carbonyl (C=O) groups excluding carboxylic acids is 1. The molecule has 0 aliphatic rings. The van der Waals surface area contributed by atoms with Crippen LogP contribution in [0.5, 0.6) is 0 Å². The fourth-order valence-electron chi connectivity index (χ4n) is 0.450. The van der Waals surface area contributed by atoms with Gasteiger partial charge in [-0.25, -0.2) is 0 Å². The molecular weight excluding hydrogens is 208 g/mol. The van der Waals surface area contributed by atoms with E-state index in [-0.39, 0.29) is 0 Å². The maximum atomic E-state index is 10.1. The second-order valence-electron chi connectivity index (χ2n) is 1.81. The van der Waals surface area contributed by atoms with Crippen molar-refractivity contribution >= 4 is 22.2 Å². The Morgan fingerprint density at radius 1 is 1.55 bits per heavy atom. The van der Waals surface area contributed by atoms with Crippen LogP contribution in [0.15, 0.2) is 35.0 Å². The molecule has 0 fully saturated rings. The molecule has 0 atom stereocenters. The van der Waals surface area contributed by atoms with Gasteiger partial charge in [-0.15, -0.1) is 0 Å². The van der Waals surface area contributed by atoms with Crippen molar-refractivity contribution in [2.75, 3.05) is 7.11 Å². The lowest BCUT2D eigenvalue weighted by Gasteiger charge is -2.01. The summed E-state index contributed by atoms with van der Waals surface area (Å²) in [4.78, 5) is 10.1. The van der Waals surface area contributed by atoms with E-state index in [1.54, 1.807) is 0 Å². The van der Waals surface area contributed by atoms with Gasteiger partial charge in [0.2, 0.25) is 0 Å². The molecule has 2 nitrogen and oxygen atoms in total. The van der Waals surface area contributed by atoms with Crippen LogP contribution >= 0.6 is 15.9 Å². The SMILES string of the molecule is C=C(C=O)/C=C(/OC)C(=C)Br. The Labute approximate surface area is 74.4 Å². The number of carbonyl (C=O) groups is 1. The Morgan fingerprint density at radius 2 is 2.09 bits per heavy atom. The molecule has 0 amide bonds. The van der Waals surface area contributed by atoms with E-state index in [1.807, 2.05) is 0 Å². The van der Waals surface area contributed by atoms with Gasteiger partial charge in [-0.05, 0) is 22.0 Å². The van der Waals surface area contributed by atoms with Gasteiger partial charge in [-0.3, -0.25) is 4.79 Å². The third-order valence-corrected chi connectivity index (χ3v) is 1.35. The fourth-order valence-corrected chi connectivity index (χ4v) is 0.727. The van der Waals surface area contributed by atoms with Crippen molar-refractivity contribution in [1.29, 1.82) is 0 Å². The van der Waals surface area contributed by atoms with Gasteiger partial charge in [0, 0.05) is 5.57 Å². The van der Waals surface area contributed by atoms with Crippen molar-refractivity contribution in [3.05, 3.63) is 35.0 Å². The Bertz CT molecular complexity index is 216. The average molecular weight is 217 g/mol. The summed E-state index contributed by atoms with van der Waals surface area (Å²) in [6, 6.07) is 0. The first kappa shape index (κ1) is 10.2. The molecule has 0 N–H and O–H groups in total. The molecule has 0 unspecified atom stereocenters. The molecule has 0 saturated heterocycles. The molecule has 0 aliphatic heterocycles. The summed E-state index contributed by atoms with van der Waals surface area (Å²) in [7, 11) is 1.50. The minimum absolute atomic E-state index is 0.349. The van der Waals surface area contributed by atoms with Crippen LogP contribution in [0.2, 0.25) is 0 Å². The lowest BCUT2D eigenvalue weighted by Crippen LogP contribution is -1.87. The standard InChI is InChI=1S/C8H9BrO2/c1-6(5-10)4-8(11-3)7(2)9/h4-5H,1-2H2,3H3/b8-4+. The second-order valence-corrected chi connectivity index (χ2v) is 2.77. The van der Waals surface area contributed by atoms with E-state index in [0.717, 1.165) is 0 Å². The number of rotatable bonds is 4. The number of ether oxygens (including phenoxy) is 1. The van der Waals surface area contributed by atoms with E-state index in [9.17, 15) is 4.79 Å². The molecule has 0 rings (SSSR count). The lowest BCUT2D eigenvalue weighted by molar-refractivity contribution is -0.104. The molecule has 0 heterocycles. The van der Waals surface area contributed by atoms with Gasteiger partial charge in [0.15, 0.2) is 0 Å². The van der Waals surface area contributed by atoms with Gasteiger partial charge >= 0.3 is 0 Å². The van der Waals surface area contributed by atoms with Crippen molar-refractivity contribution in [2.24, 2.45) is 0 Å². The molecular formula is C8H9BrO2. The molecule has 0 aliphatic carbocycles. The highest BCUT2D eigenvalue weighted by Gasteiger charge is 1.97. The molecule has 0 saturated carbocycles. The lowest BCUT2D eigenvalue weighted by atomic mass is 10.3. The zero-order chi connectivity index (χ0) is 8.85. The fraction of sp³-hybridized carbons (Fsp3) is 0.125. The summed E-state index contributed by atoms with van der Waals surface area (Å²) in [5.41, 5.74) is 0.349. The zero-order valence-electron chi connectivity index (χ0n) is 6.26. The number of hydrogen-bond donors (Lipinski definition) is 0. The second kappa shape index (κ2) is 4.91. The van der Waals surface area contributed by atoms with Gasteiger partial charge in [0.1, 0.15) is 12.0 Å². The Kier molecular flexibility index (Phi) is 4.54. The van der Waals surface area contributed by atoms with Gasteiger partial charge in [-0.1, -0.05) is 13.2 Å². The number of hydrogen-bond acceptors (Lipinski definition) is 2. The summed E-state index contributed by atoms with van der Waals surface area (Å²) in [6.07, 6.45) is 2.15. The van der Waals surface area contributed by atoms with Gasteiger partial charge in [0.05, 0.1) is 11.6 Å².